The van der Waals surface area contributed by atoms with Crippen molar-refractivity contribution in [2.45, 2.75) is 19.9 Å². The zero-order chi connectivity index (χ0) is 22.0. The smallest absolute Gasteiger partial charge is 0.270 e. The predicted octanol–water partition coefficient (Wildman–Crippen LogP) is 2.22. The number of aromatic nitrogens is 3. The molecule has 2 aromatic heterocycles. The molecule has 0 aliphatic carbocycles. The molecule has 1 aromatic carbocycles. The Balaban J connectivity index is 1.41. The van der Waals surface area contributed by atoms with E-state index in [1.54, 1.807) is 13.1 Å². The molecule has 1 aliphatic heterocycles. The number of benzene rings is 1. The number of fused-ring (bicyclic) bond motifs is 1. The summed E-state index contributed by atoms with van der Waals surface area (Å²) >= 11 is 6.34. The maximum atomic E-state index is 12.1. The van der Waals surface area contributed by atoms with Gasteiger partial charge in [0, 0.05) is 39.8 Å². The molecule has 3 heterocycles. The van der Waals surface area contributed by atoms with Crippen molar-refractivity contribution in [1.29, 1.82) is 0 Å². The Morgan fingerprint density at radius 3 is 2.61 bits per heavy atom. The summed E-state index contributed by atoms with van der Waals surface area (Å²) in [4.78, 5) is 40.0. The van der Waals surface area contributed by atoms with Gasteiger partial charge in [-0.3, -0.25) is 14.5 Å². The van der Waals surface area contributed by atoms with Crippen LogP contribution in [0.5, 0.6) is 0 Å². The van der Waals surface area contributed by atoms with Gasteiger partial charge in [0.15, 0.2) is 5.15 Å². The van der Waals surface area contributed by atoms with Crippen LogP contribution in [0.2, 0.25) is 5.15 Å². The number of H-pyrrole nitrogens is 1. The molecule has 0 radical (unpaired) electrons. The minimum Gasteiger partial charge on any atom is -0.366 e. The molecule has 9 heteroatoms. The fourth-order valence-corrected chi connectivity index (χ4v) is 4.11. The normalized spacial score (nSPS) is 14.7. The molecule has 1 aliphatic rings. The number of piperazine rings is 1. The van der Waals surface area contributed by atoms with Crippen LogP contribution in [0, 0.1) is 0 Å². The number of pyridine rings is 1. The van der Waals surface area contributed by atoms with E-state index in [0.29, 0.717) is 23.0 Å². The average Bonchev–Trinajstić information content (AvgIpc) is 2.78. The molecule has 31 heavy (non-hydrogen) atoms. The van der Waals surface area contributed by atoms with Crippen LogP contribution in [0.4, 0.5) is 5.69 Å². The summed E-state index contributed by atoms with van der Waals surface area (Å²) in [7, 11) is 1.57. The first-order valence-corrected chi connectivity index (χ1v) is 10.7. The SMILES string of the molecule is CCc1nc2ccc(CN3CCN(c4ccc(C(=O)NC)nc4Cl)CC3)cc2[nH]c1=O. The van der Waals surface area contributed by atoms with E-state index in [0.717, 1.165) is 55.0 Å². The molecule has 0 unspecified atom stereocenters. The van der Waals surface area contributed by atoms with Crippen molar-refractivity contribution in [3.8, 4) is 0 Å². The summed E-state index contributed by atoms with van der Waals surface area (Å²) in [5.74, 6) is -0.254. The lowest BCUT2D eigenvalue weighted by molar-refractivity contribution is 0.0958. The molecule has 1 amide bonds. The van der Waals surface area contributed by atoms with E-state index in [1.807, 2.05) is 25.1 Å². The number of carbonyl (C=O) groups excluding carboxylic acids is 1. The highest BCUT2D eigenvalue weighted by Crippen LogP contribution is 2.25. The number of aromatic amines is 1. The van der Waals surface area contributed by atoms with Gasteiger partial charge in [0.25, 0.3) is 11.5 Å². The van der Waals surface area contributed by atoms with Crippen molar-refractivity contribution >= 4 is 34.2 Å². The van der Waals surface area contributed by atoms with Crippen LogP contribution in [0.25, 0.3) is 11.0 Å². The Kier molecular flexibility index (Phi) is 6.20. The zero-order valence-corrected chi connectivity index (χ0v) is 18.4. The third-order valence-electron chi connectivity index (χ3n) is 5.57. The van der Waals surface area contributed by atoms with Gasteiger partial charge in [0.05, 0.1) is 16.7 Å². The summed E-state index contributed by atoms with van der Waals surface area (Å²) < 4.78 is 0. The molecule has 0 bridgehead atoms. The second-order valence-electron chi connectivity index (χ2n) is 7.57. The van der Waals surface area contributed by atoms with E-state index in [4.69, 9.17) is 11.6 Å². The Morgan fingerprint density at radius 1 is 1.16 bits per heavy atom. The molecule has 0 atom stereocenters. The van der Waals surface area contributed by atoms with Gasteiger partial charge in [-0.15, -0.1) is 0 Å². The number of carbonyl (C=O) groups is 1. The standard InChI is InChI=1S/C22H25ClN6O2/c1-3-15-22(31)27-18-12-14(4-5-16(18)25-15)13-28-8-10-29(11-9-28)19-7-6-17(21(30)24-2)26-20(19)23/h4-7,12H,3,8-11,13H2,1-2H3,(H,24,30)(H,27,31). The van der Waals surface area contributed by atoms with Crippen LogP contribution >= 0.6 is 11.6 Å². The molecular formula is C22H25ClN6O2. The third kappa shape index (κ3) is 4.55. The summed E-state index contributed by atoms with van der Waals surface area (Å²) in [5, 5.41) is 2.89. The van der Waals surface area contributed by atoms with E-state index in [9.17, 15) is 9.59 Å². The maximum Gasteiger partial charge on any atom is 0.270 e. The first-order valence-electron chi connectivity index (χ1n) is 10.4. The topological polar surface area (TPSA) is 94.2 Å². The van der Waals surface area contributed by atoms with Crippen LogP contribution in [0.3, 0.4) is 0 Å². The Labute approximate surface area is 185 Å². The second kappa shape index (κ2) is 9.03. The summed E-state index contributed by atoms with van der Waals surface area (Å²) in [5.41, 5.74) is 4.32. The highest BCUT2D eigenvalue weighted by atomic mass is 35.5. The average molecular weight is 441 g/mol. The van der Waals surface area contributed by atoms with Gasteiger partial charge in [0.2, 0.25) is 0 Å². The lowest BCUT2D eigenvalue weighted by Crippen LogP contribution is -2.46. The molecule has 3 aromatic rings. The van der Waals surface area contributed by atoms with Crippen molar-refractivity contribution in [3.63, 3.8) is 0 Å². The number of amides is 1. The van der Waals surface area contributed by atoms with Crippen LogP contribution in [-0.4, -0.2) is 59.0 Å². The minimum atomic E-state index is -0.254. The Bertz CT molecular complexity index is 1170. The van der Waals surface area contributed by atoms with E-state index in [1.165, 1.54) is 0 Å². The van der Waals surface area contributed by atoms with Crippen LogP contribution in [-0.2, 0) is 13.0 Å². The highest BCUT2D eigenvalue weighted by Gasteiger charge is 2.20. The highest BCUT2D eigenvalue weighted by molar-refractivity contribution is 6.32. The number of anilines is 1. The molecule has 0 spiro atoms. The Morgan fingerprint density at radius 2 is 1.94 bits per heavy atom. The molecule has 0 saturated carbocycles. The van der Waals surface area contributed by atoms with Gasteiger partial charge in [-0.25, -0.2) is 9.97 Å². The van der Waals surface area contributed by atoms with Gasteiger partial charge in [-0.1, -0.05) is 24.6 Å². The first kappa shape index (κ1) is 21.3. The van der Waals surface area contributed by atoms with Crippen molar-refractivity contribution in [1.82, 2.24) is 25.2 Å². The van der Waals surface area contributed by atoms with Gasteiger partial charge < -0.3 is 15.2 Å². The summed E-state index contributed by atoms with van der Waals surface area (Å²) in [6.45, 7) is 6.09. The van der Waals surface area contributed by atoms with Gasteiger partial charge in [-0.2, -0.15) is 0 Å². The number of hydrogen-bond acceptors (Lipinski definition) is 6. The molecule has 1 saturated heterocycles. The fraction of sp³-hybridized carbons (Fsp3) is 0.364. The first-order chi connectivity index (χ1) is 15.0. The van der Waals surface area contributed by atoms with E-state index in [-0.39, 0.29) is 11.5 Å². The molecule has 2 N–H and O–H groups in total. The number of halogens is 1. The van der Waals surface area contributed by atoms with E-state index in [2.05, 4.69) is 36.1 Å². The van der Waals surface area contributed by atoms with Crippen LogP contribution in [0.1, 0.15) is 28.7 Å². The molecule has 162 valence electrons. The second-order valence-corrected chi connectivity index (χ2v) is 7.92. The van der Waals surface area contributed by atoms with Crippen LogP contribution in [0.15, 0.2) is 35.1 Å². The number of nitrogens with one attached hydrogen (secondary N) is 2. The minimum absolute atomic E-state index is 0.117. The van der Waals surface area contributed by atoms with Crippen LogP contribution < -0.4 is 15.8 Å². The largest absolute Gasteiger partial charge is 0.366 e. The van der Waals surface area contributed by atoms with E-state index < -0.39 is 0 Å². The third-order valence-corrected chi connectivity index (χ3v) is 5.85. The molecule has 1 fully saturated rings. The zero-order valence-electron chi connectivity index (χ0n) is 17.6. The van der Waals surface area contributed by atoms with Gasteiger partial charge in [-0.05, 0) is 36.2 Å². The van der Waals surface area contributed by atoms with Gasteiger partial charge >= 0.3 is 0 Å². The molecule has 8 nitrogen and oxygen atoms in total. The quantitative estimate of drug-likeness (QED) is 0.591. The number of nitrogens with zero attached hydrogens (tertiary/aromatic N) is 4. The van der Waals surface area contributed by atoms with Crippen molar-refractivity contribution in [2.75, 3.05) is 38.1 Å². The van der Waals surface area contributed by atoms with E-state index >= 15 is 0 Å². The monoisotopic (exact) mass is 440 g/mol. The van der Waals surface area contributed by atoms with Gasteiger partial charge in [0.1, 0.15) is 11.4 Å². The summed E-state index contributed by atoms with van der Waals surface area (Å²) in [6, 6.07) is 9.59. The lowest BCUT2D eigenvalue weighted by atomic mass is 10.1. The number of aryl methyl sites for hydroxylation is 1. The van der Waals surface area contributed by atoms with Crippen molar-refractivity contribution < 1.29 is 4.79 Å². The maximum absolute atomic E-state index is 12.1. The van der Waals surface area contributed by atoms with Crippen molar-refractivity contribution in [3.05, 3.63) is 62.8 Å². The Hall–Kier alpha value is -2.97. The number of hydrogen-bond donors (Lipinski definition) is 2. The summed E-state index contributed by atoms with van der Waals surface area (Å²) in [6.07, 6.45) is 0.616. The predicted molar refractivity (Wildman–Crippen MR) is 122 cm³/mol. The fourth-order valence-electron chi connectivity index (χ4n) is 3.83. The lowest BCUT2D eigenvalue weighted by Gasteiger charge is -2.36. The molecule has 4 rings (SSSR count). The molecular weight excluding hydrogens is 416 g/mol. The van der Waals surface area contributed by atoms with Crippen molar-refractivity contribution in [2.24, 2.45) is 0 Å². The number of rotatable bonds is 5.